The Balaban J connectivity index is 1.44. The van der Waals surface area contributed by atoms with Crippen molar-refractivity contribution in [3.63, 3.8) is 0 Å². The molecule has 2 saturated carbocycles. The highest BCUT2D eigenvalue weighted by atomic mass is 16.5. The standard InChI is InChI=1S/C17H24O3/c1-11(8-12-3-6-15(18)7-4-12)20-17(19)16-10-13-2-5-14(16)9-13/h2,5,11-14,16H,3-4,6-10H2,1H3. The van der Waals surface area contributed by atoms with E-state index in [0.717, 1.165) is 32.1 Å². The number of carbonyl (C=O) groups excluding carboxylic acids is 2. The van der Waals surface area contributed by atoms with E-state index in [1.807, 2.05) is 6.92 Å². The number of hydrogen-bond donors (Lipinski definition) is 0. The fraction of sp³-hybridized carbons (Fsp3) is 0.765. The summed E-state index contributed by atoms with van der Waals surface area (Å²) < 4.78 is 5.66. The molecule has 2 fully saturated rings. The highest BCUT2D eigenvalue weighted by Gasteiger charge is 2.41. The van der Waals surface area contributed by atoms with Crippen LogP contribution in [0, 0.1) is 23.7 Å². The fourth-order valence-corrected chi connectivity index (χ4v) is 4.09. The molecule has 4 unspecified atom stereocenters. The Bertz CT molecular complexity index is 416. The van der Waals surface area contributed by atoms with Crippen molar-refractivity contribution >= 4 is 11.8 Å². The van der Waals surface area contributed by atoms with Gasteiger partial charge in [-0.15, -0.1) is 0 Å². The van der Waals surface area contributed by atoms with Crippen LogP contribution in [0.25, 0.3) is 0 Å². The van der Waals surface area contributed by atoms with Gasteiger partial charge in [-0.2, -0.15) is 0 Å². The Hall–Kier alpha value is -1.12. The molecule has 0 aromatic heterocycles. The molecule has 0 aliphatic heterocycles. The van der Waals surface area contributed by atoms with Crippen molar-refractivity contribution in [2.45, 2.75) is 58.0 Å². The number of ketones is 1. The van der Waals surface area contributed by atoms with Gasteiger partial charge in [-0.05, 0) is 56.8 Å². The van der Waals surface area contributed by atoms with Crippen molar-refractivity contribution in [3.8, 4) is 0 Å². The molecule has 0 N–H and O–H groups in total. The van der Waals surface area contributed by atoms with Crippen molar-refractivity contribution in [1.82, 2.24) is 0 Å². The molecule has 3 aliphatic rings. The summed E-state index contributed by atoms with van der Waals surface area (Å²) in [4.78, 5) is 23.5. The van der Waals surface area contributed by atoms with Crippen LogP contribution in [0.5, 0.6) is 0 Å². The van der Waals surface area contributed by atoms with E-state index in [2.05, 4.69) is 12.2 Å². The van der Waals surface area contributed by atoms with Crippen LogP contribution in [0.4, 0.5) is 0 Å². The van der Waals surface area contributed by atoms with Gasteiger partial charge in [0.25, 0.3) is 0 Å². The number of fused-ring (bicyclic) bond motifs is 2. The van der Waals surface area contributed by atoms with Crippen molar-refractivity contribution in [1.29, 1.82) is 0 Å². The van der Waals surface area contributed by atoms with Crippen LogP contribution in [0.2, 0.25) is 0 Å². The van der Waals surface area contributed by atoms with Gasteiger partial charge >= 0.3 is 5.97 Å². The lowest BCUT2D eigenvalue weighted by Crippen LogP contribution is -2.27. The van der Waals surface area contributed by atoms with Crippen LogP contribution in [-0.2, 0) is 14.3 Å². The van der Waals surface area contributed by atoms with Crippen LogP contribution in [-0.4, -0.2) is 17.9 Å². The molecule has 0 heterocycles. The maximum Gasteiger partial charge on any atom is 0.309 e. The Labute approximate surface area is 120 Å². The average Bonchev–Trinajstić information content (AvgIpc) is 3.03. The maximum absolute atomic E-state index is 12.2. The predicted octanol–water partition coefficient (Wildman–Crippen LogP) is 3.28. The average molecular weight is 276 g/mol. The summed E-state index contributed by atoms with van der Waals surface area (Å²) in [6.07, 6.45) is 10.8. The molecule has 0 saturated heterocycles. The zero-order valence-electron chi connectivity index (χ0n) is 12.2. The molecule has 0 aromatic rings. The SMILES string of the molecule is CC(CC1CCC(=O)CC1)OC(=O)C1CC2C=CC1C2. The second-order valence-electron chi connectivity index (χ2n) is 6.85. The van der Waals surface area contributed by atoms with Gasteiger partial charge in [0.1, 0.15) is 5.78 Å². The molecule has 110 valence electrons. The summed E-state index contributed by atoms with van der Waals surface area (Å²) in [5, 5.41) is 0. The van der Waals surface area contributed by atoms with Gasteiger partial charge in [-0.1, -0.05) is 12.2 Å². The van der Waals surface area contributed by atoms with Crippen LogP contribution >= 0.6 is 0 Å². The number of allylic oxidation sites excluding steroid dienone is 2. The summed E-state index contributed by atoms with van der Waals surface area (Å²) in [5.41, 5.74) is 0. The number of Topliss-reactive ketones (excluding diaryl/α,β-unsaturated/α-hetero) is 1. The first-order valence-electron chi connectivity index (χ1n) is 8.02. The summed E-state index contributed by atoms with van der Waals surface area (Å²) in [6.45, 7) is 2.00. The van der Waals surface area contributed by atoms with E-state index in [1.165, 1.54) is 0 Å². The largest absolute Gasteiger partial charge is 0.462 e. The third-order valence-corrected chi connectivity index (χ3v) is 5.23. The van der Waals surface area contributed by atoms with Crippen LogP contribution in [0.15, 0.2) is 12.2 Å². The summed E-state index contributed by atoms with van der Waals surface area (Å²) in [7, 11) is 0. The molecule has 4 atom stereocenters. The van der Waals surface area contributed by atoms with E-state index in [-0.39, 0.29) is 18.0 Å². The zero-order chi connectivity index (χ0) is 14.1. The minimum atomic E-state index is -0.0104. The number of esters is 1. The molecule has 20 heavy (non-hydrogen) atoms. The molecule has 0 radical (unpaired) electrons. The molecule has 3 heteroatoms. The van der Waals surface area contributed by atoms with Gasteiger partial charge in [0.2, 0.25) is 0 Å². The number of carbonyl (C=O) groups is 2. The maximum atomic E-state index is 12.2. The first-order chi connectivity index (χ1) is 9.61. The topological polar surface area (TPSA) is 43.4 Å². The number of hydrogen-bond acceptors (Lipinski definition) is 3. The van der Waals surface area contributed by atoms with E-state index >= 15 is 0 Å². The Morgan fingerprint density at radius 2 is 2.05 bits per heavy atom. The van der Waals surface area contributed by atoms with Crippen LogP contribution < -0.4 is 0 Å². The van der Waals surface area contributed by atoms with E-state index in [0.29, 0.717) is 36.4 Å². The first kappa shape index (κ1) is 13.8. The second kappa shape index (κ2) is 5.71. The number of rotatable bonds is 4. The minimum absolute atomic E-state index is 0.00114. The van der Waals surface area contributed by atoms with Gasteiger partial charge < -0.3 is 4.74 Å². The molecule has 0 amide bonds. The highest BCUT2D eigenvalue weighted by molar-refractivity contribution is 5.79. The smallest absolute Gasteiger partial charge is 0.309 e. The summed E-state index contributed by atoms with van der Waals surface area (Å²) >= 11 is 0. The summed E-state index contributed by atoms with van der Waals surface area (Å²) in [6, 6.07) is 0. The van der Waals surface area contributed by atoms with Gasteiger partial charge in [-0.3, -0.25) is 9.59 Å². The lowest BCUT2D eigenvalue weighted by Gasteiger charge is -2.25. The quantitative estimate of drug-likeness (QED) is 0.584. The molecule has 3 rings (SSSR count). The van der Waals surface area contributed by atoms with Gasteiger partial charge in [0.05, 0.1) is 12.0 Å². The summed E-state index contributed by atoms with van der Waals surface area (Å²) in [5.74, 6) is 2.07. The third-order valence-electron chi connectivity index (χ3n) is 5.23. The third kappa shape index (κ3) is 2.97. The normalized spacial score (nSPS) is 34.5. The molecular weight excluding hydrogens is 252 g/mol. The van der Waals surface area contributed by atoms with Crippen LogP contribution in [0.3, 0.4) is 0 Å². The first-order valence-corrected chi connectivity index (χ1v) is 8.02. The zero-order valence-corrected chi connectivity index (χ0v) is 12.2. The van der Waals surface area contributed by atoms with E-state index in [4.69, 9.17) is 4.74 Å². The van der Waals surface area contributed by atoms with Crippen molar-refractivity contribution in [3.05, 3.63) is 12.2 Å². The molecule has 0 aromatic carbocycles. The van der Waals surface area contributed by atoms with E-state index in [9.17, 15) is 9.59 Å². The molecule has 3 aliphatic carbocycles. The molecular formula is C17H24O3. The van der Waals surface area contributed by atoms with Gasteiger partial charge in [0.15, 0.2) is 0 Å². The predicted molar refractivity (Wildman–Crippen MR) is 76.0 cm³/mol. The molecule has 0 spiro atoms. The Kier molecular flexibility index (Phi) is 3.95. The monoisotopic (exact) mass is 276 g/mol. The van der Waals surface area contributed by atoms with E-state index < -0.39 is 0 Å². The lowest BCUT2D eigenvalue weighted by molar-refractivity contribution is -0.155. The highest BCUT2D eigenvalue weighted by Crippen LogP contribution is 2.44. The van der Waals surface area contributed by atoms with Gasteiger partial charge in [-0.25, -0.2) is 0 Å². The number of ether oxygens (including phenoxy) is 1. The van der Waals surface area contributed by atoms with Crippen molar-refractivity contribution in [2.75, 3.05) is 0 Å². The minimum Gasteiger partial charge on any atom is -0.462 e. The lowest BCUT2D eigenvalue weighted by atomic mass is 9.85. The van der Waals surface area contributed by atoms with E-state index in [1.54, 1.807) is 0 Å². The molecule has 2 bridgehead atoms. The van der Waals surface area contributed by atoms with Crippen molar-refractivity contribution < 1.29 is 14.3 Å². The Morgan fingerprint density at radius 1 is 1.30 bits per heavy atom. The second-order valence-corrected chi connectivity index (χ2v) is 6.85. The van der Waals surface area contributed by atoms with Crippen molar-refractivity contribution in [2.24, 2.45) is 23.7 Å². The van der Waals surface area contributed by atoms with Gasteiger partial charge in [0, 0.05) is 12.8 Å². The van der Waals surface area contributed by atoms with Crippen LogP contribution in [0.1, 0.15) is 51.9 Å². The Morgan fingerprint density at radius 3 is 2.65 bits per heavy atom. The fourth-order valence-electron chi connectivity index (χ4n) is 4.09. The molecule has 3 nitrogen and oxygen atoms in total.